The van der Waals surface area contributed by atoms with Gasteiger partial charge in [-0.3, -0.25) is 9.59 Å². The molecule has 0 spiro atoms. The highest BCUT2D eigenvalue weighted by molar-refractivity contribution is 5.94. The van der Waals surface area contributed by atoms with Crippen molar-refractivity contribution in [2.45, 2.75) is 52.6 Å². The van der Waals surface area contributed by atoms with Crippen LogP contribution < -0.4 is 10.2 Å². The molecule has 1 saturated carbocycles. The van der Waals surface area contributed by atoms with Crippen molar-refractivity contribution in [1.29, 1.82) is 0 Å². The zero-order chi connectivity index (χ0) is 21.8. The van der Waals surface area contributed by atoms with Gasteiger partial charge in [-0.2, -0.15) is 0 Å². The van der Waals surface area contributed by atoms with E-state index in [4.69, 9.17) is 4.42 Å². The molecule has 2 aromatic rings. The molecule has 1 heterocycles. The number of amides is 2. The van der Waals surface area contributed by atoms with E-state index in [0.717, 1.165) is 36.2 Å². The molecular weight excluding hydrogens is 378 g/mol. The number of hydrogen-bond donors (Lipinski definition) is 1. The quantitative estimate of drug-likeness (QED) is 0.679. The van der Waals surface area contributed by atoms with Crippen molar-refractivity contribution < 1.29 is 14.0 Å². The van der Waals surface area contributed by atoms with Crippen LogP contribution in [0, 0.1) is 11.8 Å². The first-order valence-electron chi connectivity index (χ1n) is 10.7. The van der Waals surface area contributed by atoms with Crippen LogP contribution in [-0.2, 0) is 11.3 Å². The SMILES string of the molecule is CC(C)[C@H](C)N(Cc1cc(NC(=O)C2CCC2)ccc1N(C)C)C(=O)c1ccco1. The molecule has 3 rings (SSSR count). The first kappa shape index (κ1) is 21.9. The molecular formula is C24H33N3O3. The van der Waals surface area contributed by atoms with Gasteiger partial charge in [0.1, 0.15) is 0 Å². The molecule has 1 aliphatic rings. The highest BCUT2D eigenvalue weighted by Crippen LogP contribution is 2.30. The molecule has 0 bridgehead atoms. The molecule has 0 aliphatic heterocycles. The number of rotatable bonds is 8. The number of hydrogen-bond acceptors (Lipinski definition) is 4. The van der Waals surface area contributed by atoms with Crippen LogP contribution in [0.2, 0.25) is 0 Å². The van der Waals surface area contributed by atoms with Crippen LogP contribution >= 0.6 is 0 Å². The summed E-state index contributed by atoms with van der Waals surface area (Å²) >= 11 is 0. The Morgan fingerprint density at radius 3 is 2.43 bits per heavy atom. The lowest BCUT2D eigenvalue weighted by Gasteiger charge is -2.33. The highest BCUT2D eigenvalue weighted by atomic mass is 16.3. The minimum absolute atomic E-state index is 0.0193. The lowest BCUT2D eigenvalue weighted by molar-refractivity contribution is -0.122. The largest absolute Gasteiger partial charge is 0.459 e. The number of nitrogens with one attached hydrogen (secondary N) is 1. The number of carbonyl (C=O) groups excluding carboxylic acids is 2. The second-order valence-corrected chi connectivity index (χ2v) is 8.75. The first-order chi connectivity index (χ1) is 14.3. The summed E-state index contributed by atoms with van der Waals surface area (Å²) in [5.41, 5.74) is 2.78. The predicted molar refractivity (Wildman–Crippen MR) is 120 cm³/mol. The number of furan rings is 1. The summed E-state index contributed by atoms with van der Waals surface area (Å²) in [6.07, 6.45) is 4.57. The van der Waals surface area contributed by atoms with Crippen molar-refractivity contribution in [3.05, 3.63) is 47.9 Å². The predicted octanol–water partition coefficient (Wildman–Crippen LogP) is 4.77. The van der Waals surface area contributed by atoms with Crippen LogP contribution in [0.5, 0.6) is 0 Å². The third kappa shape index (κ3) is 4.86. The van der Waals surface area contributed by atoms with Crippen LogP contribution in [0.4, 0.5) is 11.4 Å². The average molecular weight is 412 g/mol. The van der Waals surface area contributed by atoms with Crippen molar-refractivity contribution >= 4 is 23.2 Å². The van der Waals surface area contributed by atoms with Gasteiger partial charge < -0.3 is 19.5 Å². The Kier molecular flexibility index (Phi) is 6.85. The topological polar surface area (TPSA) is 65.8 Å². The molecule has 0 saturated heterocycles. The Morgan fingerprint density at radius 1 is 1.17 bits per heavy atom. The standard InChI is InChI=1S/C24H33N3O3/c1-16(2)17(3)27(24(29)22-10-7-13-30-22)15-19-14-20(11-12-21(19)26(4)5)25-23(28)18-8-6-9-18/h7,10-14,16-18H,6,8-9,15H2,1-5H3,(H,25,28)/t17-/m0/s1. The van der Waals surface area contributed by atoms with E-state index in [1.54, 1.807) is 12.1 Å². The first-order valence-corrected chi connectivity index (χ1v) is 10.7. The maximum atomic E-state index is 13.2. The van der Waals surface area contributed by atoms with Crippen LogP contribution in [0.15, 0.2) is 41.0 Å². The summed E-state index contributed by atoms with van der Waals surface area (Å²) in [6, 6.07) is 9.37. The van der Waals surface area contributed by atoms with E-state index in [1.165, 1.54) is 6.26 Å². The van der Waals surface area contributed by atoms with Gasteiger partial charge in [0.05, 0.1) is 6.26 Å². The molecule has 6 nitrogen and oxygen atoms in total. The Bertz CT molecular complexity index is 870. The van der Waals surface area contributed by atoms with Crippen molar-refractivity contribution in [1.82, 2.24) is 4.90 Å². The number of carbonyl (C=O) groups is 2. The van der Waals surface area contributed by atoms with Gasteiger partial charge in [-0.15, -0.1) is 0 Å². The third-order valence-corrected chi connectivity index (χ3v) is 6.09. The lowest BCUT2D eigenvalue weighted by atomic mass is 9.85. The fraction of sp³-hybridized carbons (Fsp3) is 0.500. The maximum Gasteiger partial charge on any atom is 0.290 e. The number of anilines is 2. The fourth-order valence-corrected chi connectivity index (χ4v) is 3.63. The van der Waals surface area contributed by atoms with Gasteiger partial charge in [0.15, 0.2) is 5.76 Å². The Labute approximate surface area is 179 Å². The van der Waals surface area contributed by atoms with Gasteiger partial charge in [-0.05, 0) is 61.6 Å². The third-order valence-electron chi connectivity index (χ3n) is 6.09. The zero-order valence-corrected chi connectivity index (χ0v) is 18.6. The summed E-state index contributed by atoms with van der Waals surface area (Å²) in [5, 5.41) is 3.05. The van der Waals surface area contributed by atoms with Gasteiger partial charge in [-0.25, -0.2) is 0 Å². The summed E-state index contributed by atoms with van der Waals surface area (Å²) < 4.78 is 5.38. The van der Waals surface area contributed by atoms with E-state index in [2.05, 4.69) is 26.1 Å². The molecule has 30 heavy (non-hydrogen) atoms. The molecule has 1 aliphatic carbocycles. The minimum Gasteiger partial charge on any atom is -0.459 e. The van der Waals surface area contributed by atoms with Gasteiger partial charge in [-0.1, -0.05) is 20.3 Å². The van der Waals surface area contributed by atoms with Crippen LogP contribution in [0.3, 0.4) is 0 Å². The smallest absolute Gasteiger partial charge is 0.290 e. The van der Waals surface area contributed by atoms with Crippen molar-refractivity contribution in [2.24, 2.45) is 11.8 Å². The second-order valence-electron chi connectivity index (χ2n) is 8.75. The van der Waals surface area contributed by atoms with Gasteiger partial charge in [0.25, 0.3) is 5.91 Å². The van der Waals surface area contributed by atoms with Crippen molar-refractivity contribution in [3.63, 3.8) is 0 Å². The zero-order valence-electron chi connectivity index (χ0n) is 18.6. The van der Waals surface area contributed by atoms with Crippen LogP contribution in [0.1, 0.15) is 56.2 Å². The van der Waals surface area contributed by atoms with Crippen LogP contribution in [-0.4, -0.2) is 36.9 Å². The average Bonchev–Trinajstić information content (AvgIpc) is 3.18. The van der Waals surface area contributed by atoms with Crippen molar-refractivity contribution in [2.75, 3.05) is 24.3 Å². The molecule has 1 aromatic heterocycles. The molecule has 1 fully saturated rings. The number of nitrogens with zero attached hydrogens (tertiary/aromatic N) is 2. The molecule has 6 heteroatoms. The summed E-state index contributed by atoms with van der Waals surface area (Å²) in [4.78, 5) is 29.5. The van der Waals surface area contributed by atoms with E-state index >= 15 is 0 Å². The molecule has 0 radical (unpaired) electrons. The molecule has 0 unspecified atom stereocenters. The Morgan fingerprint density at radius 2 is 1.90 bits per heavy atom. The van der Waals surface area contributed by atoms with Gasteiger partial charge in [0, 0.05) is 44.0 Å². The van der Waals surface area contributed by atoms with E-state index < -0.39 is 0 Å². The summed E-state index contributed by atoms with van der Waals surface area (Å²) in [6.45, 7) is 6.70. The Hall–Kier alpha value is -2.76. The minimum atomic E-state index is -0.130. The van der Waals surface area contributed by atoms with E-state index in [-0.39, 0.29) is 29.7 Å². The summed E-state index contributed by atoms with van der Waals surface area (Å²) in [5.74, 6) is 0.704. The van der Waals surface area contributed by atoms with E-state index in [0.29, 0.717) is 12.3 Å². The second kappa shape index (κ2) is 9.37. The number of benzene rings is 1. The fourth-order valence-electron chi connectivity index (χ4n) is 3.63. The van der Waals surface area contributed by atoms with E-state index in [9.17, 15) is 9.59 Å². The molecule has 1 atom stereocenters. The highest BCUT2D eigenvalue weighted by Gasteiger charge is 2.28. The van der Waals surface area contributed by atoms with Gasteiger partial charge >= 0.3 is 0 Å². The van der Waals surface area contributed by atoms with Gasteiger partial charge in [0.2, 0.25) is 5.91 Å². The lowest BCUT2D eigenvalue weighted by Crippen LogP contribution is -2.41. The molecule has 1 aromatic carbocycles. The van der Waals surface area contributed by atoms with Crippen LogP contribution in [0.25, 0.3) is 0 Å². The Balaban J connectivity index is 1.90. The molecule has 2 amide bonds. The monoisotopic (exact) mass is 411 g/mol. The summed E-state index contributed by atoms with van der Waals surface area (Å²) in [7, 11) is 3.96. The molecule has 162 valence electrons. The maximum absolute atomic E-state index is 13.2. The normalized spacial score (nSPS) is 14.9. The molecule has 1 N–H and O–H groups in total. The van der Waals surface area contributed by atoms with Crippen molar-refractivity contribution in [3.8, 4) is 0 Å². The van der Waals surface area contributed by atoms with E-state index in [1.807, 2.05) is 42.1 Å².